The number of thioether (sulfide) groups is 1. The van der Waals surface area contributed by atoms with E-state index in [-0.39, 0.29) is 5.69 Å². The highest BCUT2D eigenvalue weighted by atomic mass is 32.2. The lowest BCUT2D eigenvalue weighted by atomic mass is 10.2. The standard InChI is InChI=1S/C16H18N4O2S/c1-5-22-11-8-6-10(7-9-11)13-17-14-12(19(13)2)15(23-4)18-16(21)20(14)3/h6-9H,5H2,1-4H3. The van der Waals surface area contributed by atoms with Crippen molar-refractivity contribution in [2.24, 2.45) is 14.1 Å². The summed E-state index contributed by atoms with van der Waals surface area (Å²) in [6.07, 6.45) is 1.91. The molecule has 3 aromatic rings. The van der Waals surface area contributed by atoms with Crippen molar-refractivity contribution in [3.05, 3.63) is 34.7 Å². The number of aryl methyl sites for hydroxylation is 2. The van der Waals surface area contributed by atoms with Gasteiger partial charge in [-0.25, -0.2) is 9.78 Å². The lowest BCUT2D eigenvalue weighted by Gasteiger charge is -2.06. The summed E-state index contributed by atoms with van der Waals surface area (Å²) in [5.74, 6) is 1.62. The molecule has 0 saturated heterocycles. The Labute approximate surface area is 138 Å². The Morgan fingerprint density at radius 3 is 2.43 bits per heavy atom. The van der Waals surface area contributed by atoms with E-state index in [1.165, 1.54) is 16.3 Å². The van der Waals surface area contributed by atoms with Crippen LogP contribution in [0.4, 0.5) is 0 Å². The van der Waals surface area contributed by atoms with E-state index in [2.05, 4.69) is 9.97 Å². The van der Waals surface area contributed by atoms with E-state index in [1.807, 2.05) is 49.1 Å². The highest BCUT2D eigenvalue weighted by Gasteiger charge is 2.17. The van der Waals surface area contributed by atoms with E-state index in [0.717, 1.165) is 22.7 Å². The van der Waals surface area contributed by atoms with Crippen LogP contribution in [0.15, 0.2) is 34.1 Å². The summed E-state index contributed by atoms with van der Waals surface area (Å²) in [5.41, 5.74) is 2.18. The fourth-order valence-corrected chi connectivity index (χ4v) is 3.12. The van der Waals surface area contributed by atoms with Crippen LogP contribution >= 0.6 is 11.8 Å². The van der Waals surface area contributed by atoms with Crippen LogP contribution in [-0.2, 0) is 14.1 Å². The number of ether oxygens (including phenoxy) is 1. The predicted molar refractivity (Wildman–Crippen MR) is 92.1 cm³/mol. The zero-order chi connectivity index (χ0) is 16.6. The number of imidazole rings is 1. The molecule has 120 valence electrons. The Morgan fingerprint density at radius 2 is 1.83 bits per heavy atom. The van der Waals surface area contributed by atoms with Crippen molar-refractivity contribution in [2.45, 2.75) is 11.9 Å². The Morgan fingerprint density at radius 1 is 1.13 bits per heavy atom. The van der Waals surface area contributed by atoms with Gasteiger partial charge in [0.05, 0.1) is 6.61 Å². The first-order valence-corrected chi connectivity index (χ1v) is 8.50. The van der Waals surface area contributed by atoms with Gasteiger partial charge < -0.3 is 9.30 Å². The maximum atomic E-state index is 12.0. The summed E-state index contributed by atoms with van der Waals surface area (Å²) in [4.78, 5) is 20.7. The molecule has 2 aromatic heterocycles. The van der Waals surface area contributed by atoms with Crippen molar-refractivity contribution in [1.29, 1.82) is 0 Å². The van der Waals surface area contributed by atoms with Gasteiger partial charge in [-0.1, -0.05) is 0 Å². The molecule has 7 heteroatoms. The topological polar surface area (TPSA) is 61.9 Å². The van der Waals surface area contributed by atoms with Crippen LogP contribution in [0.2, 0.25) is 0 Å². The van der Waals surface area contributed by atoms with Crippen LogP contribution in [0, 0.1) is 0 Å². The first kappa shape index (κ1) is 15.6. The molecule has 0 aliphatic heterocycles. The number of hydrogen-bond donors (Lipinski definition) is 0. The van der Waals surface area contributed by atoms with Crippen LogP contribution in [0.25, 0.3) is 22.6 Å². The number of fused-ring (bicyclic) bond motifs is 1. The van der Waals surface area contributed by atoms with E-state index >= 15 is 0 Å². The van der Waals surface area contributed by atoms with Crippen molar-refractivity contribution < 1.29 is 4.74 Å². The maximum absolute atomic E-state index is 12.0. The molecule has 0 N–H and O–H groups in total. The molecule has 3 rings (SSSR count). The molecule has 1 aromatic carbocycles. The van der Waals surface area contributed by atoms with Gasteiger partial charge in [0, 0.05) is 19.7 Å². The third-order valence-electron chi connectivity index (χ3n) is 3.70. The highest BCUT2D eigenvalue weighted by Crippen LogP contribution is 2.28. The Bertz CT molecular complexity index is 912. The van der Waals surface area contributed by atoms with Gasteiger partial charge >= 0.3 is 5.69 Å². The molecule has 0 aliphatic carbocycles. The number of benzene rings is 1. The quantitative estimate of drug-likeness (QED) is 0.543. The fraction of sp³-hybridized carbons (Fsp3) is 0.312. The van der Waals surface area contributed by atoms with E-state index in [9.17, 15) is 4.79 Å². The minimum absolute atomic E-state index is 0.293. The molecule has 0 atom stereocenters. The third-order valence-corrected chi connectivity index (χ3v) is 4.37. The molecule has 0 saturated carbocycles. The summed E-state index contributed by atoms with van der Waals surface area (Å²) in [7, 11) is 3.63. The molecular formula is C16H18N4O2S. The smallest absolute Gasteiger partial charge is 0.350 e. The first-order chi connectivity index (χ1) is 11.1. The zero-order valence-electron chi connectivity index (χ0n) is 13.5. The Balaban J connectivity index is 2.21. The van der Waals surface area contributed by atoms with Gasteiger partial charge in [0.15, 0.2) is 5.65 Å². The molecule has 0 amide bonds. The predicted octanol–water partition coefficient (Wildman–Crippen LogP) is 2.45. The monoisotopic (exact) mass is 330 g/mol. The molecule has 0 bridgehead atoms. The van der Waals surface area contributed by atoms with E-state index < -0.39 is 0 Å². The van der Waals surface area contributed by atoms with Crippen molar-refractivity contribution >= 4 is 22.9 Å². The minimum Gasteiger partial charge on any atom is -0.494 e. The zero-order valence-corrected chi connectivity index (χ0v) is 14.3. The Hall–Kier alpha value is -2.28. The van der Waals surface area contributed by atoms with Gasteiger partial charge in [-0.3, -0.25) is 4.57 Å². The summed E-state index contributed by atoms with van der Waals surface area (Å²) >= 11 is 1.45. The lowest BCUT2D eigenvalue weighted by Crippen LogP contribution is -2.21. The molecule has 0 fully saturated rings. The van der Waals surface area contributed by atoms with E-state index in [0.29, 0.717) is 17.3 Å². The number of nitrogens with zero attached hydrogens (tertiary/aromatic N) is 4. The molecule has 2 heterocycles. The van der Waals surface area contributed by atoms with Crippen LogP contribution in [-0.4, -0.2) is 32.0 Å². The van der Waals surface area contributed by atoms with Crippen molar-refractivity contribution in [2.75, 3.05) is 12.9 Å². The lowest BCUT2D eigenvalue weighted by molar-refractivity contribution is 0.340. The number of rotatable bonds is 4. The van der Waals surface area contributed by atoms with Gasteiger partial charge in [-0.2, -0.15) is 4.98 Å². The average Bonchev–Trinajstić information content (AvgIpc) is 2.90. The van der Waals surface area contributed by atoms with Crippen molar-refractivity contribution in [1.82, 2.24) is 19.1 Å². The van der Waals surface area contributed by atoms with E-state index in [1.54, 1.807) is 7.05 Å². The van der Waals surface area contributed by atoms with Gasteiger partial charge in [-0.15, -0.1) is 11.8 Å². The summed E-state index contributed by atoms with van der Waals surface area (Å²) in [6.45, 7) is 2.59. The van der Waals surface area contributed by atoms with Gasteiger partial charge in [0.1, 0.15) is 22.1 Å². The van der Waals surface area contributed by atoms with Crippen molar-refractivity contribution in [3.8, 4) is 17.1 Å². The normalized spacial score (nSPS) is 11.1. The molecule has 0 unspecified atom stereocenters. The number of aromatic nitrogens is 4. The van der Waals surface area contributed by atoms with Crippen LogP contribution < -0.4 is 10.4 Å². The highest BCUT2D eigenvalue weighted by molar-refractivity contribution is 7.98. The molecule has 0 radical (unpaired) electrons. The second kappa shape index (κ2) is 6.08. The summed E-state index contributed by atoms with van der Waals surface area (Å²) in [5, 5.41) is 0.690. The Kier molecular flexibility index (Phi) is 4.12. The molecular weight excluding hydrogens is 312 g/mol. The van der Waals surface area contributed by atoms with Crippen molar-refractivity contribution in [3.63, 3.8) is 0 Å². The number of hydrogen-bond acceptors (Lipinski definition) is 5. The largest absolute Gasteiger partial charge is 0.494 e. The van der Waals surface area contributed by atoms with Crippen LogP contribution in [0.5, 0.6) is 5.75 Å². The average molecular weight is 330 g/mol. The second-order valence-corrected chi connectivity index (χ2v) is 5.88. The maximum Gasteiger partial charge on any atom is 0.350 e. The second-order valence-electron chi connectivity index (χ2n) is 5.09. The summed E-state index contributed by atoms with van der Waals surface area (Å²) in [6, 6.07) is 7.78. The first-order valence-electron chi connectivity index (χ1n) is 7.27. The van der Waals surface area contributed by atoms with Gasteiger partial charge in [-0.05, 0) is 37.4 Å². The van der Waals surface area contributed by atoms with Crippen LogP contribution in [0.1, 0.15) is 6.92 Å². The SMILES string of the molecule is CCOc1ccc(-c2nc3c(c(SC)nc(=O)n3C)n2C)cc1. The van der Waals surface area contributed by atoms with E-state index in [4.69, 9.17) is 4.74 Å². The minimum atomic E-state index is -0.293. The van der Waals surface area contributed by atoms with Crippen LogP contribution in [0.3, 0.4) is 0 Å². The molecule has 0 spiro atoms. The third kappa shape index (κ3) is 2.61. The molecule has 23 heavy (non-hydrogen) atoms. The summed E-state index contributed by atoms with van der Waals surface area (Å²) < 4.78 is 8.93. The van der Waals surface area contributed by atoms with Gasteiger partial charge in [0.25, 0.3) is 0 Å². The van der Waals surface area contributed by atoms with Gasteiger partial charge in [0.2, 0.25) is 0 Å². The molecule has 6 nitrogen and oxygen atoms in total. The molecule has 0 aliphatic rings. The fourth-order valence-electron chi connectivity index (χ4n) is 2.53.